The lowest BCUT2D eigenvalue weighted by atomic mass is 9.44. The van der Waals surface area contributed by atoms with Crippen LogP contribution in [-0.2, 0) is 63.6 Å². The summed E-state index contributed by atoms with van der Waals surface area (Å²) < 4.78 is 48.0. The highest BCUT2D eigenvalue weighted by Crippen LogP contribution is 2.69. The van der Waals surface area contributed by atoms with Crippen LogP contribution in [0.25, 0.3) is 0 Å². The third kappa shape index (κ3) is 7.70. The molecule has 16 heteroatoms. The van der Waals surface area contributed by atoms with Gasteiger partial charge in [-0.3, -0.25) is 19.4 Å². The predicted octanol–water partition coefficient (Wildman–Crippen LogP) is 5.33. The minimum absolute atomic E-state index is 0.0768. The molecule has 0 radical (unpaired) electrons. The highest BCUT2D eigenvalue weighted by molar-refractivity contribution is 5.33. The maximum absolute atomic E-state index is 12.5. The van der Waals surface area contributed by atoms with Gasteiger partial charge in [-0.25, -0.2) is 0 Å². The molecule has 10 fully saturated rings. The summed E-state index contributed by atoms with van der Waals surface area (Å²) in [4.78, 5) is 11.2. The highest BCUT2D eigenvalue weighted by atomic mass is 16.9. The van der Waals surface area contributed by atoms with Crippen LogP contribution in [0.2, 0.25) is 0 Å². The minimum atomic E-state index is -1.42. The van der Waals surface area contributed by atoms with E-state index in [4.69, 9.17) is 47.9 Å². The number of nitrogens with zero attached hydrogens (tertiary/aromatic N) is 2. The van der Waals surface area contributed by atoms with Crippen LogP contribution in [0.3, 0.4) is 0 Å². The molecular weight excluding hydrogens is 949 g/mol. The number of hydrogen-bond acceptors (Lipinski definition) is 16. The van der Waals surface area contributed by atoms with Crippen molar-refractivity contribution in [3.8, 4) is 0 Å². The fourth-order valence-corrected chi connectivity index (χ4v) is 19.4. The van der Waals surface area contributed by atoms with Gasteiger partial charge in [-0.05, 0) is 173 Å². The fourth-order valence-electron chi connectivity index (χ4n) is 19.4. The predicted molar refractivity (Wildman–Crippen MR) is 265 cm³/mol. The summed E-state index contributed by atoms with van der Waals surface area (Å²) in [6, 6.07) is 0. The molecule has 410 valence electrons. The Morgan fingerprint density at radius 1 is 0.527 bits per heavy atom. The van der Waals surface area contributed by atoms with Crippen molar-refractivity contribution in [2.24, 2.45) is 69.0 Å². The first-order valence-electron chi connectivity index (χ1n) is 28.7. The van der Waals surface area contributed by atoms with Gasteiger partial charge in [0.25, 0.3) is 11.9 Å². The van der Waals surface area contributed by atoms with E-state index in [1.165, 1.54) is 11.1 Å². The number of rotatable bonds is 6. The molecule has 13 rings (SSSR count). The highest BCUT2D eigenvalue weighted by Gasteiger charge is 2.65. The number of aromatic nitrogens is 2. The number of aliphatic hydroxyl groups excluding tert-OH is 6. The van der Waals surface area contributed by atoms with Crippen molar-refractivity contribution < 1.29 is 68.5 Å². The zero-order chi connectivity index (χ0) is 51.8. The average molecular weight is 1030 g/mol. The zero-order valence-electron chi connectivity index (χ0n) is 44.9. The van der Waals surface area contributed by atoms with Crippen LogP contribution in [0.15, 0.2) is 23.3 Å². The summed E-state index contributed by atoms with van der Waals surface area (Å²) >= 11 is 0. The van der Waals surface area contributed by atoms with Crippen LogP contribution < -0.4 is 0 Å². The lowest BCUT2D eigenvalue weighted by Gasteiger charge is -2.62. The first-order valence-corrected chi connectivity index (χ1v) is 28.7. The Labute approximate surface area is 436 Å². The summed E-state index contributed by atoms with van der Waals surface area (Å²) in [7, 11) is 0. The van der Waals surface area contributed by atoms with Gasteiger partial charge >= 0.3 is 0 Å². The Hall–Kier alpha value is -2.00. The average Bonchev–Trinajstić information content (AvgIpc) is 4.06. The molecule has 6 N–H and O–H groups in total. The third-order valence-corrected chi connectivity index (χ3v) is 23.2. The number of fused-ring (bicyclic) bond motifs is 14. The molecule has 2 unspecified atom stereocenters. The largest absolute Gasteiger partial charge is 0.393 e. The minimum Gasteiger partial charge on any atom is -0.393 e. The number of ether oxygens (including phenoxy) is 8. The number of allylic oxidation sites excluding steroid dienone is 2. The summed E-state index contributed by atoms with van der Waals surface area (Å²) in [5.41, 5.74) is 6.85. The van der Waals surface area contributed by atoms with Gasteiger partial charge in [0, 0.05) is 13.8 Å². The Morgan fingerprint density at radius 2 is 0.932 bits per heavy atom. The summed E-state index contributed by atoms with van der Waals surface area (Å²) in [5, 5.41) is 66.9. The molecule has 4 aliphatic heterocycles. The lowest BCUT2D eigenvalue weighted by molar-refractivity contribution is -0.340. The molecule has 0 bridgehead atoms. The van der Waals surface area contributed by atoms with E-state index >= 15 is 0 Å². The van der Waals surface area contributed by atoms with Crippen LogP contribution in [-0.4, -0.2) is 139 Å². The van der Waals surface area contributed by atoms with Gasteiger partial charge in [-0.1, -0.05) is 51.0 Å². The smallest absolute Gasteiger partial charge is 0.283 e. The third-order valence-electron chi connectivity index (χ3n) is 23.2. The summed E-state index contributed by atoms with van der Waals surface area (Å²) in [5.74, 6) is 0.164. The zero-order valence-corrected chi connectivity index (χ0v) is 44.9. The Balaban J connectivity index is 0.672. The fraction of sp³-hybridized carbons (Fsp3) is 0.862. The standard InChI is InChI=1S/C58H84N2O14/c1-27-45(63)47(65)49-51(69-27)73-57(7,71-49)67-19-17-29-11-15-35-33-13-9-31-21-37-39(23-55(31,5)43(33)41(61)25-53(29,35)3)59-38-22-32-10-14-34-36-16-12-30(54(36,4)26-42(62)44(34)56(32,6)24-40(38)60-37)18-20-68-58(8)72-50-48(66)46(64)28(2)70-52(50)74-58/h17-18,27-28,31-36,41-52,61-66H,9-16,19-26H2,1-8H3/b29-17+,30-18+/t27-,28-,31-,32-,33-,34-,35-,36-,41-,42-,43+,44+,45-,46-,47+,48+,49+,50+,51-,52-,53+,54+,55-,56-,57?,58?/m0/s1. The Bertz CT molecular complexity index is 2280. The SMILES string of the molecule is C[C@@H]1O[C@H]2OC(C)(OC/C=C3\CC[C@H]4[C@@H]5CC[C@H]6Cc7nc8c(nc7C[C@]6(C)[C@H]5[C@@H](O)C[C@]34C)C[C@@H]3CC[C@@H]4[C@H]([C@@H](O)C[C@]5(C)/C(=C/COC6(C)O[C@@H]7O[C@@H](C)[C@H](O)[C@@H](O)[C@H]7O6)CC[C@@H]45)[C@@]3(C)C8)O[C@@H]2[C@H](O)[C@H]1O. The number of aliphatic hydroxyl groups is 6. The van der Waals surface area contributed by atoms with Gasteiger partial charge in [0.05, 0.1) is 60.4 Å². The van der Waals surface area contributed by atoms with Crippen LogP contribution in [0.1, 0.15) is 142 Å². The van der Waals surface area contributed by atoms with E-state index in [1.807, 2.05) is 0 Å². The second kappa shape index (κ2) is 17.8. The first-order chi connectivity index (χ1) is 35.0. The molecule has 74 heavy (non-hydrogen) atoms. The molecule has 12 aliphatic rings. The van der Waals surface area contributed by atoms with Crippen molar-refractivity contribution in [2.75, 3.05) is 13.2 Å². The van der Waals surface area contributed by atoms with Gasteiger partial charge in [0.2, 0.25) is 0 Å². The topological polar surface area (TPSA) is 221 Å². The van der Waals surface area contributed by atoms with Crippen LogP contribution >= 0.6 is 0 Å². The monoisotopic (exact) mass is 1030 g/mol. The van der Waals surface area contributed by atoms with E-state index in [-0.39, 0.29) is 46.7 Å². The Kier molecular flexibility index (Phi) is 12.3. The van der Waals surface area contributed by atoms with Gasteiger partial charge in [-0.2, -0.15) is 0 Å². The molecule has 1 aromatic heterocycles. The second-order valence-corrected chi connectivity index (χ2v) is 27.0. The van der Waals surface area contributed by atoms with E-state index in [1.54, 1.807) is 27.7 Å². The molecule has 8 aliphatic carbocycles. The van der Waals surface area contributed by atoms with Crippen molar-refractivity contribution in [1.82, 2.24) is 9.97 Å². The number of hydrogen-bond donors (Lipinski definition) is 6. The molecule has 16 nitrogen and oxygen atoms in total. The van der Waals surface area contributed by atoms with Crippen LogP contribution in [0, 0.1) is 69.0 Å². The Morgan fingerprint density at radius 3 is 1.34 bits per heavy atom. The molecule has 0 amide bonds. The van der Waals surface area contributed by atoms with Crippen molar-refractivity contribution in [3.05, 3.63) is 46.1 Å². The summed E-state index contributed by atoms with van der Waals surface area (Å²) in [6.45, 7) is 17.0. The maximum Gasteiger partial charge on any atom is 0.283 e. The van der Waals surface area contributed by atoms with E-state index in [0.29, 0.717) is 35.5 Å². The van der Waals surface area contributed by atoms with Crippen LogP contribution in [0.4, 0.5) is 0 Å². The van der Waals surface area contributed by atoms with E-state index in [0.717, 1.165) is 113 Å². The van der Waals surface area contributed by atoms with Gasteiger partial charge in [0.1, 0.15) is 36.6 Å². The van der Waals surface area contributed by atoms with Crippen molar-refractivity contribution in [3.63, 3.8) is 0 Å². The first kappa shape index (κ1) is 51.4. The maximum atomic E-state index is 12.5. The molecule has 0 aromatic carbocycles. The van der Waals surface area contributed by atoms with E-state index < -0.39 is 85.6 Å². The van der Waals surface area contributed by atoms with Crippen molar-refractivity contribution >= 4 is 0 Å². The van der Waals surface area contributed by atoms with Gasteiger partial charge in [0.15, 0.2) is 12.6 Å². The van der Waals surface area contributed by atoms with Crippen molar-refractivity contribution in [1.29, 1.82) is 0 Å². The quantitative estimate of drug-likeness (QED) is 0.198. The molecule has 4 saturated heterocycles. The van der Waals surface area contributed by atoms with E-state index in [9.17, 15) is 30.6 Å². The molecule has 6 saturated carbocycles. The normalized spacial score (nSPS) is 56.0. The van der Waals surface area contributed by atoms with Crippen molar-refractivity contribution in [2.45, 2.75) is 231 Å². The summed E-state index contributed by atoms with van der Waals surface area (Å²) in [6.07, 6.45) is 8.07. The molecule has 1 aromatic rings. The molecule has 0 spiro atoms. The molecular formula is C58H84N2O14. The van der Waals surface area contributed by atoms with Crippen LogP contribution in [0.5, 0.6) is 0 Å². The lowest BCUT2D eigenvalue weighted by Crippen LogP contribution is -2.59. The molecule has 5 heterocycles. The van der Waals surface area contributed by atoms with Gasteiger partial charge < -0.3 is 59.1 Å². The van der Waals surface area contributed by atoms with Gasteiger partial charge in [-0.15, -0.1) is 0 Å². The second-order valence-electron chi connectivity index (χ2n) is 27.0. The van der Waals surface area contributed by atoms with E-state index in [2.05, 4.69) is 39.8 Å². The molecule has 26 atom stereocenters.